The topological polar surface area (TPSA) is 81.3 Å². The predicted octanol–water partition coefficient (Wildman–Crippen LogP) is 3.00. The van der Waals surface area contributed by atoms with Gasteiger partial charge in [-0.3, -0.25) is 18.6 Å². The van der Waals surface area contributed by atoms with E-state index in [1.165, 1.54) is 41.3 Å². The number of benzene rings is 1. The predicted molar refractivity (Wildman–Crippen MR) is 104 cm³/mol. The molecule has 0 aliphatic carbocycles. The maximum absolute atomic E-state index is 13.2. The summed E-state index contributed by atoms with van der Waals surface area (Å²) in [7, 11) is 0. The summed E-state index contributed by atoms with van der Waals surface area (Å²) in [5.41, 5.74) is 1.03. The van der Waals surface area contributed by atoms with Gasteiger partial charge in [-0.15, -0.1) is 21.5 Å². The van der Waals surface area contributed by atoms with E-state index in [0.717, 1.165) is 5.52 Å². The van der Waals surface area contributed by atoms with Crippen LogP contribution in [0.4, 0.5) is 10.1 Å². The first-order chi connectivity index (χ1) is 13.1. The first kappa shape index (κ1) is 17.7. The SMILES string of the molecule is CCn1c(=O)c2sccc2n2c(SCC(=O)Nc3cccc(F)c3)nnc12. The summed E-state index contributed by atoms with van der Waals surface area (Å²) >= 11 is 2.57. The Bertz CT molecular complexity index is 1210. The largest absolute Gasteiger partial charge is 0.325 e. The van der Waals surface area contributed by atoms with E-state index in [2.05, 4.69) is 15.5 Å². The summed E-state index contributed by atoms with van der Waals surface area (Å²) in [4.78, 5) is 24.7. The van der Waals surface area contributed by atoms with Gasteiger partial charge in [0.1, 0.15) is 10.5 Å². The van der Waals surface area contributed by atoms with E-state index >= 15 is 0 Å². The minimum atomic E-state index is -0.415. The number of anilines is 1. The number of thioether (sulfide) groups is 1. The molecule has 7 nitrogen and oxygen atoms in total. The number of hydrogen-bond donors (Lipinski definition) is 1. The number of nitrogens with zero attached hydrogens (tertiary/aromatic N) is 4. The van der Waals surface area contributed by atoms with Gasteiger partial charge in [0.05, 0.1) is 11.3 Å². The number of halogens is 1. The van der Waals surface area contributed by atoms with Gasteiger partial charge in [-0.1, -0.05) is 17.8 Å². The number of rotatable bonds is 5. The second kappa shape index (κ2) is 7.12. The van der Waals surface area contributed by atoms with Crippen LogP contribution in [0, 0.1) is 5.82 Å². The number of aryl methyl sites for hydroxylation is 1. The zero-order valence-corrected chi connectivity index (χ0v) is 15.8. The van der Waals surface area contributed by atoms with Crippen molar-refractivity contribution < 1.29 is 9.18 Å². The number of thiophene rings is 1. The Labute approximate surface area is 160 Å². The molecule has 0 saturated carbocycles. The highest BCUT2D eigenvalue weighted by atomic mass is 32.2. The van der Waals surface area contributed by atoms with Crippen molar-refractivity contribution in [2.75, 3.05) is 11.1 Å². The second-order valence-electron chi connectivity index (χ2n) is 5.65. The Balaban J connectivity index is 1.62. The van der Waals surface area contributed by atoms with E-state index < -0.39 is 5.82 Å². The third-order valence-corrected chi connectivity index (χ3v) is 5.76. The average Bonchev–Trinajstić information content (AvgIpc) is 3.27. The van der Waals surface area contributed by atoms with E-state index in [-0.39, 0.29) is 17.2 Å². The molecule has 0 unspecified atom stereocenters. The van der Waals surface area contributed by atoms with Crippen LogP contribution < -0.4 is 10.9 Å². The normalized spacial score (nSPS) is 11.3. The van der Waals surface area contributed by atoms with Crippen LogP contribution in [0.15, 0.2) is 45.7 Å². The molecule has 0 spiro atoms. The third-order valence-electron chi connectivity index (χ3n) is 3.94. The molecule has 27 heavy (non-hydrogen) atoms. The van der Waals surface area contributed by atoms with Crippen molar-refractivity contribution >= 4 is 50.7 Å². The lowest BCUT2D eigenvalue weighted by molar-refractivity contribution is -0.113. The van der Waals surface area contributed by atoms with Crippen molar-refractivity contribution in [3.05, 3.63) is 51.9 Å². The fourth-order valence-corrected chi connectivity index (χ4v) is 4.34. The van der Waals surface area contributed by atoms with Crippen LogP contribution >= 0.6 is 23.1 Å². The van der Waals surface area contributed by atoms with Crippen molar-refractivity contribution in [2.45, 2.75) is 18.6 Å². The summed E-state index contributed by atoms with van der Waals surface area (Å²) in [6.45, 7) is 2.34. The number of aromatic nitrogens is 4. The van der Waals surface area contributed by atoms with Crippen LogP contribution in [-0.4, -0.2) is 30.8 Å². The van der Waals surface area contributed by atoms with Crippen molar-refractivity contribution in [3.63, 3.8) is 0 Å². The maximum atomic E-state index is 13.2. The van der Waals surface area contributed by atoms with Crippen LogP contribution in [0.25, 0.3) is 16.0 Å². The minimum Gasteiger partial charge on any atom is -0.325 e. The number of carbonyl (C=O) groups is 1. The molecule has 0 fully saturated rings. The average molecular weight is 403 g/mol. The molecule has 3 aromatic heterocycles. The van der Waals surface area contributed by atoms with Gasteiger partial charge in [-0.2, -0.15) is 0 Å². The standard InChI is InChI=1S/C17H14FN5O2S2/c1-2-22-15(25)14-12(6-7-26-14)23-16(22)20-21-17(23)27-9-13(24)19-11-5-3-4-10(18)8-11/h3-8H,2,9H2,1H3,(H,19,24). The highest BCUT2D eigenvalue weighted by Gasteiger charge is 2.17. The lowest BCUT2D eigenvalue weighted by atomic mass is 10.3. The van der Waals surface area contributed by atoms with E-state index in [1.807, 2.05) is 18.4 Å². The van der Waals surface area contributed by atoms with Crippen LogP contribution in [0.3, 0.4) is 0 Å². The summed E-state index contributed by atoms with van der Waals surface area (Å²) < 4.78 is 17.2. The van der Waals surface area contributed by atoms with Gasteiger partial charge < -0.3 is 5.32 Å². The molecular formula is C17H14FN5O2S2. The van der Waals surface area contributed by atoms with Gasteiger partial charge in [0.15, 0.2) is 5.16 Å². The van der Waals surface area contributed by atoms with Crippen molar-refractivity contribution in [3.8, 4) is 0 Å². The van der Waals surface area contributed by atoms with E-state index in [4.69, 9.17) is 0 Å². The fourth-order valence-electron chi connectivity index (χ4n) is 2.77. The molecule has 1 N–H and O–H groups in total. The Morgan fingerprint density at radius 1 is 1.33 bits per heavy atom. The molecule has 138 valence electrons. The smallest absolute Gasteiger partial charge is 0.272 e. The lowest BCUT2D eigenvalue weighted by Crippen LogP contribution is -2.21. The van der Waals surface area contributed by atoms with E-state index in [9.17, 15) is 14.0 Å². The number of fused-ring (bicyclic) bond motifs is 3. The van der Waals surface area contributed by atoms with Gasteiger partial charge in [0.2, 0.25) is 11.7 Å². The lowest BCUT2D eigenvalue weighted by Gasteiger charge is -2.07. The Morgan fingerprint density at radius 3 is 2.96 bits per heavy atom. The van der Waals surface area contributed by atoms with Crippen LogP contribution in [0.5, 0.6) is 0 Å². The first-order valence-corrected chi connectivity index (χ1v) is 9.98. The zero-order chi connectivity index (χ0) is 19.0. The molecule has 4 rings (SSSR count). The minimum absolute atomic E-state index is 0.0776. The molecule has 3 heterocycles. The number of amides is 1. The van der Waals surface area contributed by atoms with Crippen molar-refractivity contribution in [1.29, 1.82) is 0 Å². The Morgan fingerprint density at radius 2 is 2.19 bits per heavy atom. The third kappa shape index (κ3) is 3.21. The maximum Gasteiger partial charge on any atom is 0.272 e. The van der Waals surface area contributed by atoms with E-state index in [0.29, 0.717) is 27.9 Å². The molecule has 1 aromatic carbocycles. The van der Waals surface area contributed by atoms with Gasteiger partial charge in [-0.05, 0) is 36.6 Å². The van der Waals surface area contributed by atoms with Crippen LogP contribution in [0.2, 0.25) is 0 Å². The molecule has 1 amide bonds. The molecule has 0 aliphatic heterocycles. The fraction of sp³-hybridized carbons (Fsp3) is 0.176. The van der Waals surface area contributed by atoms with Gasteiger partial charge in [-0.25, -0.2) is 4.39 Å². The molecule has 0 bridgehead atoms. The van der Waals surface area contributed by atoms with Crippen LogP contribution in [0.1, 0.15) is 6.92 Å². The molecule has 0 aliphatic rings. The quantitative estimate of drug-likeness (QED) is 0.518. The highest BCUT2D eigenvalue weighted by Crippen LogP contribution is 2.24. The zero-order valence-electron chi connectivity index (χ0n) is 14.2. The van der Waals surface area contributed by atoms with Gasteiger partial charge >= 0.3 is 0 Å². The number of hydrogen-bond acceptors (Lipinski definition) is 6. The van der Waals surface area contributed by atoms with E-state index in [1.54, 1.807) is 15.0 Å². The first-order valence-electron chi connectivity index (χ1n) is 8.12. The molecule has 4 aromatic rings. The van der Waals surface area contributed by atoms with Gasteiger partial charge in [0, 0.05) is 12.2 Å². The summed E-state index contributed by atoms with van der Waals surface area (Å²) in [5, 5.41) is 13.3. The van der Waals surface area contributed by atoms with Gasteiger partial charge in [0.25, 0.3) is 5.56 Å². The summed E-state index contributed by atoms with van der Waals surface area (Å²) in [5.74, 6) is -0.177. The van der Waals surface area contributed by atoms with Crippen molar-refractivity contribution in [2.24, 2.45) is 0 Å². The molecule has 0 atom stereocenters. The molecule has 0 radical (unpaired) electrons. The monoisotopic (exact) mass is 403 g/mol. The van der Waals surface area contributed by atoms with Crippen molar-refractivity contribution in [1.82, 2.24) is 19.2 Å². The molecule has 10 heteroatoms. The highest BCUT2D eigenvalue weighted by molar-refractivity contribution is 7.99. The Hall–Kier alpha value is -2.72. The Kier molecular flexibility index (Phi) is 4.66. The number of nitrogens with one attached hydrogen (secondary N) is 1. The molecular weight excluding hydrogens is 389 g/mol. The summed E-state index contributed by atoms with van der Waals surface area (Å²) in [6.07, 6.45) is 0. The second-order valence-corrected chi connectivity index (χ2v) is 7.51. The molecule has 0 saturated heterocycles. The van der Waals surface area contributed by atoms with Crippen LogP contribution in [-0.2, 0) is 11.3 Å². The number of carbonyl (C=O) groups excluding carboxylic acids is 1. The summed E-state index contributed by atoms with van der Waals surface area (Å²) in [6, 6.07) is 7.55.